The van der Waals surface area contributed by atoms with Crippen LogP contribution >= 0.6 is 0 Å². The monoisotopic (exact) mass is 261 g/mol. The molecule has 0 aromatic heterocycles. The van der Waals surface area contributed by atoms with Crippen molar-refractivity contribution in [2.75, 3.05) is 26.7 Å². The molecule has 0 aliphatic rings. The van der Waals surface area contributed by atoms with Gasteiger partial charge in [-0.15, -0.1) is 0 Å². The number of hydrogen-bond acceptors (Lipinski definition) is 4. The van der Waals surface area contributed by atoms with Crippen LogP contribution in [0, 0.1) is 0 Å². The van der Waals surface area contributed by atoms with Crippen LogP contribution in [0.4, 0.5) is 4.79 Å². The minimum atomic E-state index is -1.66. The minimum absolute atomic E-state index is 0.130. The number of nitrogens with zero attached hydrogens (tertiary/aromatic N) is 1. The van der Waals surface area contributed by atoms with Gasteiger partial charge in [-0.1, -0.05) is 6.92 Å². The number of carboxylic acids is 1. The highest BCUT2D eigenvalue weighted by Gasteiger charge is 2.17. The lowest BCUT2D eigenvalue weighted by atomic mass is 10.3. The van der Waals surface area contributed by atoms with Gasteiger partial charge in [-0.05, 0) is 6.42 Å². The molecule has 4 N–H and O–H groups in total. The van der Waals surface area contributed by atoms with E-state index in [9.17, 15) is 14.4 Å². The summed E-state index contributed by atoms with van der Waals surface area (Å²) in [6, 6.07) is -0.623. The number of likely N-dealkylation sites (N-methyl/N-ethyl adjacent to an activating group) is 1. The van der Waals surface area contributed by atoms with Gasteiger partial charge in [-0.25, -0.2) is 9.59 Å². The molecule has 0 bridgehead atoms. The van der Waals surface area contributed by atoms with Crippen molar-refractivity contribution < 1.29 is 24.6 Å². The number of rotatable bonds is 7. The largest absolute Gasteiger partial charge is 0.479 e. The molecule has 8 nitrogen and oxygen atoms in total. The van der Waals surface area contributed by atoms with E-state index in [1.54, 1.807) is 0 Å². The molecule has 0 saturated heterocycles. The summed E-state index contributed by atoms with van der Waals surface area (Å²) in [5.74, 6) is -1.72. The summed E-state index contributed by atoms with van der Waals surface area (Å²) < 4.78 is 0. The molecule has 8 heteroatoms. The van der Waals surface area contributed by atoms with Crippen LogP contribution in [0.1, 0.15) is 13.3 Å². The van der Waals surface area contributed by atoms with E-state index in [1.165, 1.54) is 7.05 Å². The lowest BCUT2D eigenvalue weighted by Gasteiger charge is -2.18. The number of carbonyl (C=O) groups is 3. The van der Waals surface area contributed by atoms with Crippen molar-refractivity contribution in [2.45, 2.75) is 19.4 Å². The number of hydrogen-bond donors (Lipinski definition) is 4. The van der Waals surface area contributed by atoms with Crippen molar-refractivity contribution in [1.29, 1.82) is 0 Å². The second kappa shape index (κ2) is 8.29. The maximum Gasteiger partial charge on any atom is 0.334 e. The van der Waals surface area contributed by atoms with Crippen LogP contribution in [-0.4, -0.2) is 65.8 Å². The smallest absolute Gasteiger partial charge is 0.334 e. The van der Waals surface area contributed by atoms with Crippen molar-refractivity contribution in [3.05, 3.63) is 0 Å². The van der Waals surface area contributed by atoms with Gasteiger partial charge >= 0.3 is 12.0 Å². The van der Waals surface area contributed by atoms with Crippen LogP contribution in [0.15, 0.2) is 0 Å². The molecular formula is C10H19N3O5. The Hall–Kier alpha value is -1.83. The predicted molar refractivity (Wildman–Crippen MR) is 63.0 cm³/mol. The summed E-state index contributed by atoms with van der Waals surface area (Å²) >= 11 is 0. The first kappa shape index (κ1) is 16.2. The topological polar surface area (TPSA) is 119 Å². The first-order valence-corrected chi connectivity index (χ1v) is 5.55. The van der Waals surface area contributed by atoms with E-state index in [2.05, 4.69) is 10.6 Å². The van der Waals surface area contributed by atoms with E-state index in [0.717, 1.165) is 11.3 Å². The Morgan fingerprint density at radius 2 is 1.89 bits per heavy atom. The molecule has 0 saturated carbocycles. The molecule has 0 aromatic carbocycles. The Labute approximate surface area is 105 Å². The maximum atomic E-state index is 11.4. The molecule has 0 rings (SSSR count). The van der Waals surface area contributed by atoms with Crippen molar-refractivity contribution >= 4 is 17.9 Å². The first-order chi connectivity index (χ1) is 8.38. The van der Waals surface area contributed by atoms with Gasteiger partial charge in [0, 0.05) is 13.6 Å². The fourth-order valence-corrected chi connectivity index (χ4v) is 1.01. The van der Waals surface area contributed by atoms with E-state index in [1.807, 2.05) is 6.92 Å². The minimum Gasteiger partial charge on any atom is -0.479 e. The molecular weight excluding hydrogens is 242 g/mol. The van der Waals surface area contributed by atoms with E-state index in [4.69, 9.17) is 10.2 Å². The molecule has 0 fully saturated rings. The third-order valence-corrected chi connectivity index (χ3v) is 2.03. The van der Waals surface area contributed by atoms with Gasteiger partial charge in [0.05, 0.1) is 6.54 Å². The summed E-state index contributed by atoms with van der Waals surface area (Å²) in [5.41, 5.74) is 0. The first-order valence-electron chi connectivity index (χ1n) is 5.55. The summed E-state index contributed by atoms with van der Waals surface area (Å²) in [4.78, 5) is 34.1. The number of aliphatic hydroxyl groups is 1. The van der Waals surface area contributed by atoms with Crippen LogP contribution in [0.2, 0.25) is 0 Å². The summed E-state index contributed by atoms with van der Waals surface area (Å²) in [5, 5.41) is 22.1. The van der Waals surface area contributed by atoms with E-state index < -0.39 is 24.6 Å². The van der Waals surface area contributed by atoms with Crippen LogP contribution in [-0.2, 0) is 9.59 Å². The Bertz CT molecular complexity index is 308. The highest BCUT2D eigenvalue weighted by Crippen LogP contribution is 1.87. The summed E-state index contributed by atoms with van der Waals surface area (Å²) in [6.45, 7) is 1.90. The number of aliphatic hydroxyl groups excluding tert-OH is 1. The molecule has 3 amide bonds. The lowest BCUT2D eigenvalue weighted by Crippen LogP contribution is -2.46. The maximum absolute atomic E-state index is 11.4. The van der Waals surface area contributed by atoms with Gasteiger partial charge in [0.15, 0.2) is 6.10 Å². The zero-order valence-corrected chi connectivity index (χ0v) is 10.5. The predicted octanol–water partition coefficient (Wildman–Crippen LogP) is -1.40. The number of aliphatic carboxylic acids is 1. The average molecular weight is 261 g/mol. The summed E-state index contributed by atoms with van der Waals surface area (Å²) in [6.07, 6.45) is -0.858. The Morgan fingerprint density at radius 3 is 2.39 bits per heavy atom. The standard InChI is InChI=1S/C10H19N3O5/c1-3-4-11-8(15)6-13(2)10(18)12-5-7(14)9(16)17/h7,14H,3-6H2,1-2H3,(H,11,15)(H,12,18)(H,16,17)/t7-/m0/s1. The van der Waals surface area contributed by atoms with Crippen molar-refractivity contribution in [3.63, 3.8) is 0 Å². The molecule has 104 valence electrons. The molecule has 0 aliphatic carbocycles. The number of nitrogens with one attached hydrogen (secondary N) is 2. The van der Waals surface area contributed by atoms with E-state index >= 15 is 0 Å². The fraction of sp³-hybridized carbons (Fsp3) is 0.700. The zero-order chi connectivity index (χ0) is 14.1. The average Bonchev–Trinajstić information content (AvgIpc) is 2.32. The molecule has 0 heterocycles. The molecule has 18 heavy (non-hydrogen) atoms. The Morgan fingerprint density at radius 1 is 1.28 bits per heavy atom. The highest BCUT2D eigenvalue weighted by atomic mass is 16.4. The zero-order valence-electron chi connectivity index (χ0n) is 10.5. The molecule has 0 spiro atoms. The van der Waals surface area contributed by atoms with Crippen LogP contribution in [0.25, 0.3) is 0 Å². The van der Waals surface area contributed by atoms with Crippen molar-refractivity contribution in [1.82, 2.24) is 15.5 Å². The van der Waals surface area contributed by atoms with Gasteiger partial charge in [0.25, 0.3) is 0 Å². The third kappa shape index (κ3) is 6.69. The quantitative estimate of drug-likeness (QED) is 0.449. The van der Waals surface area contributed by atoms with Gasteiger partial charge < -0.3 is 25.7 Å². The van der Waals surface area contributed by atoms with Crippen molar-refractivity contribution in [3.8, 4) is 0 Å². The SMILES string of the molecule is CCCNC(=O)CN(C)C(=O)NC[C@H](O)C(=O)O. The number of urea groups is 1. The fourth-order valence-electron chi connectivity index (χ4n) is 1.01. The molecule has 0 radical (unpaired) electrons. The third-order valence-electron chi connectivity index (χ3n) is 2.03. The van der Waals surface area contributed by atoms with E-state index in [-0.39, 0.29) is 12.5 Å². The second-order valence-electron chi connectivity index (χ2n) is 3.75. The Balaban J connectivity index is 3.96. The number of carbonyl (C=O) groups excluding carboxylic acids is 2. The number of amides is 3. The second-order valence-corrected chi connectivity index (χ2v) is 3.75. The highest BCUT2D eigenvalue weighted by molar-refractivity contribution is 5.84. The Kier molecular flexibility index (Phi) is 7.45. The molecule has 0 aliphatic heterocycles. The van der Waals surface area contributed by atoms with Crippen LogP contribution in [0.5, 0.6) is 0 Å². The van der Waals surface area contributed by atoms with Crippen molar-refractivity contribution in [2.24, 2.45) is 0 Å². The van der Waals surface area contributed by atoms with Gasteiger partial charge in [-0.2, -0.15) is 0 Å². The molecule has 0 unspecified atom stereocenters. The lowest BCUT2D eigenvalue weighted by molar-refractivity contribution is -0.146. The van der Waals surface area contributed by atoms with Gasteiger partial charge in [0.1, 0.15) is 6.54 Å². The van der Waals surface area contributed by atoms with Gasteiger partial charge in [0.2, 0.25) is 5.91 Å². The normalized spacial score (nSPS) is 11.5. The van der Waals surface area contributed by atoms with Gasteiger partial charge in [-0.3, -0.25) is 4.79 Å². The molecule has 1 atom stereocenters. The number of carboxylic acid groups (broad SMARTS) is 1. The van der Waals surface area contributed by atoms with E-state index in [0.29, 0.717) is 6.54 Å². The summed E-state index contributed by atoms with van der Waals surface area (Å²) in [7, 11) is 1.40. The van der Waals surface area contributed by atoms with Crippen LogP contribution in [0.3, 0.4) is 0 Å². The molecule has 0 aromatic rings. The van der Waals surface area contributed by atoms with Crippen LogP contribution < -0.4 is 10.6 Å².